The summed E-state index contributed by atoms with van der Waals surface area (Å²) in [6.07, 6.45) is 3.24. The molecule has 10 rings (SSSR count). The van der Waals surface area contributed by atoms with E-state index in [9.17, 15) is 0 Å². The Bertz CT molecular complexity index is 2750. The summed E-state index contributed by atoms with van der Waals surface area (Å²) in [5.41, 5.74) is 12.2. The second-order valence-corrected chi connectivity index (χ2v) is 14.5. The van der Waals surface area contributed by atoms with Gasteiger partial charge in [0.15, 0.2) is 0 Å². The highest BCUT2D eigenvalue weighted by Crippen LogP contribution is 2.44. The van der Waals surface area contributed by atoms with E-state index < -0.39 is 0 Å². The van der Waals surface area contributed by atoms with Gasteiger partial charge in [0.1, 0.15) is 11.2 Å². The molecule has 9 aromatic rings. The highest BCUT2D eigenvalue weighted by Gasteiger charge is 2.25. The Balaban J connectivity index is 0.000000161. The first kappa shape index (κ1) is 34.7. The van der Waals surface area contributed by atoms with Gasteiger partial charge in [-0.2, -0.15) is 0 Å². The van der Waals surface area contributed by atoms with Crippen LogP contribution in [0.25, 0.3) is 65.7 Å². The second-order valence-electron chi connectivity index (χ2n) is 14.5. The highest BCUT2D eigenvalue weighted by atomic mass is 16.3. The molecule has 0 bridgehead atoms. The van der Waals surface area contributed by atoms with Crippen LogP contribution in [0, 0.1) is 37.5 Å². The Labute approximate surface area is 317 Å². The molecular formula is C51H44N2O. The Morgan fingerprint density at radius 1 is 0.481 bits per heavy atom. The molecule has 2 N–H and O–H groups in total. The molecule has 1 fully saturated rings. The number of furan rings is 1. The van der Waals surface area contributed by atoms with Crippen LogP contribution in [0.2, 0.25) is 0 Å². The Hall–Kier alpha value is -6.32. The van der Waals surface area contributed by atoms with Crippen LogP contribution in [0.4, 0.5) is 0 Å². The van der Waals surface area contributed by atoms with Crippen LogP contribution < -0.4 is 0 Å². The van der Waals surface area contributed by atoms with Crippen molar-refractivity contribution in [2.45, 2.75) is 40.0 Å². The van der Waals surface area contributed by atoms with E-state index in [0.29, 0.717) is 11.4 Å². The van der Waals surface area contributed by atoms with E-state index in [0.717, 1.165) is 40.7 Å². The van der Waals surface area contributed by atoms with Crippen molar-refractivity contribution in [2.75, 3.05) is 0 Å². The van der Waals surface area contributed by atoms with E-state index in [4.69, 9.17) is 15.2 Å². The molecule has 3 nitrogen and oxygen atoms in total. The summed E-state index contributed by atoms with van der Waals surface area (Å²) < 4.78 is 6.34. The number of fused-ring (bicyclic) bond motifs is 3. The molecule has 0 aliphatic heterocycles. The minimum absolute atomic E-state index is 0.253. The fraction of sp³-hybridized carbons (Fsp3) is 0.137. The summed E-state index contributed by atoms with van der Waals surface area (Å²) >= 11 is 0. The van der Waals surface area contributed by atoms with E-state index >= 15 is 0 Å². The van der Waals surface area contributed by atoms with Crippen molar-refractivity contribution in [1.29, 1.82) is 10.8 Å². The molecule has 0 saturated heterocycles. The smallest absolute Gasteiger partial charge is 0.136 e. The van der Waals surface area contributed by atoms with Gasteiger partial charge in [-0.05, 0) is 113 Å². The molecular weight excluding hydrogens is 657 g/mol. The van der Waals surface area contributed by atoms with Crippen LogP contribution in [0.1, 0.15) is 41.5 Å². The molecule has 1 saturated carbocycles. The standard InChI is InChI=1S/C30H22N2O.C14H14.C7H8/c31-29(17-6-3-7-17)30(32)19-9-4-8-18(14-19)20-15-24-22-11-2-1-10-21(22)23-12-5-13-25-27(23)28(24)26(16-20)33-25;1-11-8-9-14(10-12(11)2)13-6-4-3-5-7-13;1-7-5-3-2-4-6-7/h1-2,4-5,8-17,31-32H,3,6-7H2;3-10H,1-2H3;2-6H,1H3. The summed E-state index contributed by atoms with van der Waals surface area (Å²) in [6.45, 7) is 6.38. The summed E-state index contributed by atoms with van der Waals surface area (Å²) in [4.78, 5) is 0. The number of hydrogen-bond acceptors (Lipinski definition) is 3. The number of hydrogen-bond donors (Lipinski definition) is 2. The fourth-order valence-electron chi connectivity index (χ4n) is 7.50. The first-order valence-electron chi connectivity index (χ1n) is 18.9. The quantitative estimate of drug-likeness (QED) is 0.136. The molecule has 1 aliphatic carbocycles. The van der Waals surface area contributed by atoms with Gasteiger partial charge in [0, 0.05) is 22.3 Å². The normalized spacial score (nSPS) is 12.6. The molecule has 0 spiro atoms. The zero-order chi connectivity index (χ0) is 37.2. The predicted molar refractivity (Wildman–Crippen MR) is 230 cm³/mol. The van der Waals surface area contributed by atoms with Crippen LogP contribution >= 0.6 is 0 Å². The maximum atomic E-state index is 8.61. The van der Waals surface area contributed by atoms with E-state index in [1.165, 1.54) is 66.6 Å². The molecule has 0 unspecified atom stereocenters. The van der Waals surface area contributed by atoms with Gasteiger partial charge in [-0.1, -0.05) is 145 Å². The topological polar surface area (TPSA) is 60.8 Å². The van der Waals surface area contributed by atoms with Crippen LogP contribution in [0.3, 0.4) is 0 Å². The summed E-state index contributed by atoms with van der Waals surface area (Å²) in [5.74, 6) is 0.253. The first-order valence-corrected chi connectivity index (χ1v) is 18.9. The molecule has 1 aliphatic rings. The monoisotopic (exact) mass is 700 g/mol. The predicted octanol–water partition coefficient (Wildman–Crippen LogP) is 14.2. The summed E-state index contributed by atoms with van der Waals surface area (Å²) in [7, 11) is 0. The fourth-order valence-corrected chi connectivity index (χ4v) is 7.50. The molecule has 54 heavy (non-hydrogen) atoms. The van der Waals surface area contributed by atoms with Gasteiger partial charge in [0.2, 0.25) is 0 Å². The third-order valence-electron chi connectivity index (χ3n) is 10.9. The lowest BCUT2D eigenvalue weighted by atomic mass is 9.79. The van der Waals surface area contributed by atoms with Gasteiger partial charge in [0.05, 0.1) is 11.4 Å². The number of benzene rings is 8. The zero-order valence-electron chi connectivity index (χ0n) is 31.1. The van der Waals surface area contributed by atoms with E-state index in [1.54, 1.807) is 0 Å². The van der Waals surface area contributed by atoms with E-state index in [1.807, 2.05) is 48.5 Å². The molecule has 1 aromatic heterocycles. The van der Waals surface area contributed by atoms with Gasteiger partial charge >= 0.3 is 0 Å². The molecule has 0 atom stereocenters. The van der Waals surface area contributed by atoms with Gasteiger partial charge in [-0.25, -0.2) is 0 Å². The second kappa shape index (κ2) is 15.0. The van der Waals surface area contributed by atoms with Crippen molar-refractivity contribution in [3.63, 3.8) is 0 Å². The molecule has 3 heteroatoms. The van der Waals surface area contributed by atoms with E-state index in [-0.39, 0.29) is 5.92 Å². The molecule has 8 aromatic carbocycles. The maximum Gasteiger partial charge on any atom is 0.136 e. The summed E-state index contributed by atoms with van der Waals surface area (Å²) in [5, 5.41) is 24.3. The average Bonchev–Trinajstić information content (AvgIpc) is 3.58. The number of rotatable bonds is 5. The largest absolute Gasteiger partial charge is 0.456 e. The third-order valence-corrected chi connectivity index (χ3v) is 10.9. The van der Waals surface area contributed by atoms with Gasteiger partial charge in [-0.3, -0.25) is 5.41 Å². The minimum atomic E-state index is 0.253. The highest BCUT2D eigenvalue weighted by molar-refractivity contribution is 6.47. The summed E-state index contributed by atoms with van der Waals surface area (Å²) in [6, 6.07) is 54.6. The van der Waals surface area contributed by atoms with Crippen molar-refractivity contribution in [1.82, 2.24) is 0 Å². The molecule has 0 radical (unpaired) electrons. The molecule has 0 amide bonds. The van der Waals surface area contributed by atoms with Crippen LogP contribution in [-0.2, 0) is 0 Å². The average molecular weight is 701 g/mol. The Morgan fingerprint density at radius 3 is 1.76 bits per heavy atom. The third kappa shape index (κ3) is 6.81. The number of nitrogens with one attached hydrogen (secondary N) is 2. The van der Waals surface area contributed by atoms with Crippen molar-refractivity contribution in [3.05, 3.63) is 180 Å². The zero-order valence-corrected chi connectivity index (χ0v) is 31.1. The van der Waals surface area contributed by atoms with Crippen molar-refractivity contribution < 1.29 is 4.42 Å². The number of aryl methyl sites for hydroxylation is 3. The SMILES string of the molecule is Cc1ccc(-c2ccccc2)cc1C.Cc1ccccc1.N=C(C(=N)C1CCC1)c1cccc(-c2cc3oc4cccc5c6ccccc6c(c2)c3c45)c1. The van der Waals surface area contributed by atoms with Crippen molar-refractivity contribution in [2.24, 2.45) is 5.92 Å². The maximum absolute atomic E-state index is 8.61. The van der Waals surface area contributed by atoms with Gasteiger partial charge < -0.3 is 9.83 Å². The lowest BCUT2D eigenvalue weighted by Gasteiger charge is -2.26. The first-order chi connectivity index (χ1) is 26.4. The molecule has 1 heterocycles. The van der Waals surface area contributed by atoms with Crippen LogP contribution in [0.15, 0.2) is 162 Å². The van der Waals surface area contributed by atoms with Crippen molar-refractivity contribution in [3.8, 4) is 22.3 Å². The Morgan fingerprint density at radius 2 is 1.09 bits per heavy atom. The Kier molecular flexibility index (Phi) is 9.63. The van der Waals surface area contributed by atoms with Crippen LogP contribution in [0.5, 0.6) is 0 Å². The van der Waals surface area contributed by atoms with Crippen molar-refractivity contribution >= 4 is 54.9 Å². The van der Waals surface area contributed by atoms with Gasteiger partial charge in [-0.15, -0.1) is 0 Å². The lowest BCUT2D eigenvalue weighted by molar-refractivity contribution is 0.415. The molecule has 264 valence electrons. The minimum Gasteiger partial charge on any atom is -0.456 e. The van der Waals surface area contributed by atoms with E-state index in [2.05, 4.69) is 130 Å². The van der Waals surface area contributed by atoms with Gasteiger partial charge in [0.25, 0.3) is 0 Å². The lowest BCUT2D eigenvalue weighted by Crippen LogP contribution is -2.28. The van der Waals surface area contributed by atoms with Crippen LogP contribution in [-0.4, -0.2) is 11.4 Å².